The molecule has 6 nitrogen and oxygen atoms in total. The lowest BCUT2D eigenvalue weighted by atomic mass is 10.1. The number of sulfone groups is 1. The van der Waals surface area contributed by atoms with E-state index in [-0.39, 0.29) is 28.4 Å². The van der Waals surface area contributed by atoms with E-state index < -0.39 is 9.84 Å². The van der Waals surface area contributed by atoms with Gasteiger partial charge < -0.3 is 14.8 Å². The predicted octanol–water partition coefficient (Wildman–Crippen LogP) is 1.87. The molecule has 1 heterocycles. The number of amides is 1. The molecule has 1 saturated heterocycles. The van der Waals surface area contributed by atoms with E-state index >= 15 is 0 Å². The SMILES string of the molecule is COc1cc(C)c(NC(=O)CSC2CCS(=O)(=O)C2)cc1OC. The normalized spacial score (nSPS) is 19.3. The Labute approximate surface area is 140 Å². The molecule has 1 amide bonds. The molecule has 1 N–H and O–H groups in total. The second kappa shape index (κ2) is 7.44. The number of hydrogen-bond donors (Lipinski definition) is 1. The van der Waals surface area contributed by atoms with Crippen LogP contribution in [0.2, 0.25) is 0 Å². The van der Waals surface area contributed by atoms with Crippen LogP contribution >= 0.6 is 11.8 Å². The highest BCUT2D eigenvalue weighted by Crippen LogP contribution is 2.33. The molecule has 1 fully saturated rings. The zero-order valence-corrected chi connectivity index (χ0v) is 15.1. The molecule has 23 heavy (non-hydrogen) atoms. The fourth-order valence-electron chi connectivity index (χ4n) is 2.39. The maximum atomic E-state index is 12.1. The minimum atomic E-state index is -2.91. The largest absolute Gasteiger partial charge is 0.493 e. The second-order valence-electron chi connectivity index (χ2n) is 5.41. The summed E-state index contributed by atoms with van der Waals surface area (Å²) in [6.07, 6.45) is 0.621. The van der Waals surface area contributed by atoms with Crippen molar-refractivity contribution in [3.63, 3.8) is 0 Å². The molecule has 1 atom stereocenters. The van der Waals surface area contributed by atoms with Crippen LogP contribution in [0.5, 0.6) is 11.5 Å². The first-order chi connectivity index (χ1) is 10.8. The van der Waals surface area contributed by atoms with Gasteiger partial charge in [0.1, 0.15) is 0 Å². The average Bonchev–Trinajstić information content (AvgIpc) is 2.86. The van der Waals surface area contributed by atoms with Gasteiger partial charge in [0.2, 0.25) is 5.91 Å². The highest BCUT2D eigenvalue weighted by atomic mass is 32.2. The Morgan fingerprint density at radius 3 is 2.52 bits per heavy atom. The number of carbonyl (C=O) groups excluding carboxylic acids is 1. The van der Waals surface area contributed by atoms with Gasteiger partial charge in [0, 0.05) is 17.0 Å². The summed E-state index contributed by atoms with van der Waals surface area (Å²) in [4.78, 5) is 12.1. The topological polar surface area (TPSA) is 81.7 Å². The van der Waals surface area contributed by atoms with Gasteiger partial charge in [-0.15, -0.1) is 11.8 Å². The second-order valence-corrected chi connectivity index (χ2v) is 8.92. The number of ether oxygens (including phenoxy) is 2. The van der Waals surface area contributed by atoms with Crippen molar-refractivity contribution in [2.45, 2.75) is 18.6 Å². The molecule has 1 aromatic carbocycles. The van der Waals surface area contributed by atoms with E-state index in [2.05, 4.69) is 5.32 Å². The Bertz CT molecular complexity index is 687. The van der Waals surface area contributed by atoms with Crippen molar-refractivity contribution in [2.75, 3.05) is 36.8 Å². The molecule has 128 valence electrons. The number of carbonyl (C=O) groups is 1. The number of nitrogens with one attached hydrogen (secondary N) is 1. The minimum Gasteiger partial charge on any atom is -0.493 e. The van der Waals surface area contributed by atoms with Crippen LogP contribution in [-0.4, -0.2) is 51.1 Å². The lowest BCUT2D eigenvalue weighted by Gasteiger charge is -2.14. The summed E-state index contributed by atoms with van der Waals surface area (Å²) >= 11 is 1.39. The van der Waals surface area contributed by atoms with E-state index in [1.165, 1.54) is 18.9 Å². The van der Waals surface area contributed by atoms with E-state index in [9.17, 15) is 13.2 Å². The highest BCUT2D eigenvalue weighted by Gasteiger charge is 2.28. The first-order valence-electron chi connectivity index (χ1n) is 7.19. The van der Waals surface area contributed by atoms with Crippen LogP contribution in [0, 0.1) is 6.92 Å². The number of methoxy groups -OCH3 is 2. The molecule has 0 saturated carbocycles. The third kappa shape index (κ3) is 4.78. The molecule has 0 radical (unpaired) electrons. The number of hydrogen-bond acceptors (Lipinski definition) is 6. The Morgan fingerprint density at radius 2 is 1.96 bits per heavy atom. The molecule has 0 aromatic heterocycles. The zero-order valence-electron chi connectivity index (χ0n) is 13.4. The van der Waals surface area contributed by atoms with Gasteiger partial charge in [-0.1, -0.05) is 0 Å². The molecule has 1 aromatic rings. The highest BCUT2D eigenvalue weighted by molar-refractivity contribution is 8.02. The van der Waals surface area contributed by atoms with Crippen LogP contribution in [0.1, 0.15) is 12.0 Å². The zero-order chi connectivity index (χ0) is 17.0. The Balaban J connectivity index is 1.95. The molecule has 1 unspecified atom stereocenters. The predicted molar refractivity (Wildman–Crippen MR) is 92.4 cm³/mol. The lowest BCUT2D eigenvalue weighted by molar-refractivity contribution is -0.113. The van der Waals surface area contributed by atoms with E-state index in [1.807, 2.05) is 6.92 Å². The van der Waals surface area contributed by atoms with Crippen molar-refractivity contribution < 1.29 is 22.7 Å². The minimum absolute atomic E-state index is 0.0113. The van der Waals surface area contributed by atoms with Gasteiger partial charge in [-0.05, 0) is 25.0 Å². The molecule has 1 aliphatic heterocycles. The maximum absolute atomic E-state index is 12.1. The summed E-state index contributed by atoms with van der Waals surface area (Å²) in [7, 11) is 0.186. The molecule has 0 aliphatic carbocycles. The smallest absolute Gasteiger partial charge is 0.234 e. The summed E-state index contributed by atoms with van der Waals surface area (Å²) in [6, 6.07) is 3.52. The summed E-state index contributed by atoms with van der Waals surface area (Å²) < 4.78 is 33.3. The maximum Gasteiger partial charge on any atom is 0.234 e. The molecule has 8 heteroatoms. The summed E-state index contributed by atoms with van der Waals surface area (Å²) in [6.45, 7) is 1.87. The fraction of sp³-hybridized carbons (Fsp3) is 0.533. The standard InChI is InChI=1S/C15H21NO5S2/c1-10-6-13(20-2)14(21-3)7-12(10)16-15(17)8-22-11-4-5-23(18,19)9-11/h6-7,11H,4-5,8-9H2,1-3H3,(H,16,17). The Kier molecular flexibility index (Phi) is 5.80. The number of rotatable bonds is 6. The fourth-order valence-corrected chi connectivity index (χ4v) is 5.83. The molecule has 1 aliphatic rings. The third-order valence-corrected chi connectivity index (χ3v) is 6.93. The molecule has 0 spiro atoms. The number of thioether (sulfide) groups is 1. The number of anilines is 1. The van der Waals surface area contributed by atoms with E-state index in [0.717, 1.165) is 5.56 Å². The van der Waals surface area contributed by atoms with Crippen molar-refractivity contribution in [1.29, 1.82) is 0 Å². The van der Waals surface area contributed by atoms with Gasteiger partial charge in [-0.25, -0.2) is 8.42 Å². The summed E-state index contributed by atoms with van der Waals surface area (Å²) in [5.74, 6) is 1.61. The Morgan fingerprint density at radius 1 is 1.30 bits per heavy atom. The van der Waals surface area contributed by atoms with Crippen molar-refractivity contribution in [3.05, 3.63) is 17.7 Å². The van der Waals surface area contributed by atoms with Gasteiger partial charge >= 0.3 is 0 Å². The van der Waals surface area contributed by atoms with Gasteiger partial charge in [0.15, 0.2) is 21.3 Å². The summed E-state index contributed by atoms with van der Waals surface area (Å²) in [5, 5.41) is 2.85. The van der Waals surface area contributed by atoms with Gasteiger partial charge in [-0.3, -0.25) is 4.79 Å². The van der Waals surface area contributed by atoms with Crippen molar-refractivity contribution in [1.82, 2.24) is 0 Å². The average molecular weight is 359 g/mol. The van der Waals surface area contributed by atoms with E-state index in [4.69, 9.17) is 9.47 Å². The van der Waals surface area contributed by atoms with Crippen LogP contribution in [0.15, 0.2) is 12.1 Å². The van der Waals surface area contributed by atoms with Crippen LogP contribution in [-0.2, 0) is 14.6 Å². The van der Waals surface area contributed by atoms with E-state index in [1.54, 1.807) is 19.2 Å². The molecule has 0 bridgehead atoms. The van der Waals surface area contributed by atoms with Gasteiger partial charge in [0.05, 0.1) is 31.5 Å². The Hall–Kier alpha value is -1.41. The first-order valence-corrected chi connectivity index (χ1v) is 10.1. The van der Waals surface area contributed by atoms with Crippen molar-refractivity contribution >= 4 is 33.2 Å². The van der Waals surface area contributed by atoms with Crippen molar-refractivity contribution in [3.8, 4) is 11.5 Å². The van der Waals surface area contributed by atoms with Crippen LogP contribution in [0.4, 0.5) is 5.69 Å². The molecular weight excluding hydrogens is 338 g/mol. The van der Waals surface area contributed by atoms with Crippen LogP contribution < -0.4 is 14.8 Å². The molecule has 2 rings (SSSR count). The third-order valence-electron chi connectivity index (χ3n) is 3.65. The summed E-state index contributed by atoms with van der Waals surface area (Å²) in [5.41, 5.74) is 1.52. The first kappa shape index (κ1) is 17.9. The quantitative estimate of drug-likeness (QED) is 0.835. The van der Waals surface area contributed by atoms with Gasteiger partial charge in [0.25, 0.3) is 0 Å². The van der Waals surface area contributed by atoms with Crippen LogP contribution in [0.3, 0.4) is 0 Å². The lowest BCUT2D eigenvalue weighted by Crippen LogP contribution is -2.18. The monoisotopic (exact) mass is 359 g/mol. The number of benzene rings is 1. The van der Waals surface area contributed by atoms with Crippen molar-refractivity contribution in [2.24, 2.45) is 0 Å². The van der Waals surface area contributed by atoms with Crippen LogP contribution in [0.25, 0.3) is 0 Å². The van der Waals surface area contributed by atoms with Gasteiger partial charge in [-0.2, -0.15) is 0 Å². The molecular formula is C15H21NO5S2. The van der Waals surface area contributed by atoms with E-state index in [0.29, 0.717) is 23.6 Å². The number of aryl methyl sites for hydroxylation is 1.